The van der Waals surface area contributed by atoms with Gasteiger partial charge >= 0.3 is 12.2 Å². The molecule has 8 heteroatoms. The Bertz CT molecular complexity index is 996. The van der Waals surface area contributed by atoms with Gasteiger partial charge in [0.05, 0.1) is 31.1 Å². The van der Waals surface area contributed by atoms with Gasteiger partial charge in [0.1, 0.15) is 11.2 Å². The molecule has 1 N–H and O–H groups in total. The first-order valence-electron chi connectivity index (χ1n) is 12.0. The van der Waals surface area contributed by atoms with Crippen LogP contribution in [-0.2, 0) is 22.4 Å². The largest absolute Gasteiger partial charge is 0.444 e. The number of amides is 2. The smallest absolute Gasteiger partial charge is 0.415 e. The molecule has 190 valence electrons. The van der Waals surface area contributed by atoms with Crippen LogP contribution in [0.3, 0.4) is 0 Å². The van der Waals surface area contributed by atoms with Crippen molar-refractivity contribution in [1.82, 2.24) is 9.88 Å². The Morgan fingerprint density at radius 2 is 1.69 bits per heavy atom. The van der Waals surface area contributed by atoms with E-state index in [1.54, 1.807) is 16.0 Å². The summed E-state index contributed by atoms with van der Waals surface area (Å²) in [5.41, 5.74) is 1.09. The highest BCUT2D eigenvalue weighted by molar-refractivity contribution is 5.87. The molecule has 2 aromatic rings. The Morgan fingerprint density at radius 3 is 2.26 bits per heavy atom. The molecule has 1 fully saturated rings. The van der Waals surface area contributed by atoms with Crippen LogP contribution in [0.5, 0.6) is 0 Å². The molecule has 35 heavy (non-hydrogen) atoms. The van der Waals surface area contributed by atoms with Gasteiger partial charge < -0.3 is 19.5 Å². The topological polar surface area (TPSA) is 92.2 Å². The Morgan fingerprint density at radius 1 is 1.03 bits per heavy atom. The fourth-order valence-electron chi connectivity index (χ4n) is 3.91. The first-order chi connectivity index (χ1) is 16.3. The molecule has 0 unspecified atom stereocenters. The number of carbonyl (C=O) groups excluding carboxylic acids is 2. The number of aliphatic hydroxyl groups is 1. The molecule has 0 aliphatic carbocycles. The minimum atomic E-state index is -0.631. The van der Waals surface area contributed by atoms with Gasteiger partial charge in [0.15, 0.2) is 0 Å². The maximum absolute atomic E-state index is 13.0. The van der Waals surface area contributed by atoms with Gasteiger partial charge in [-0.3, -0.25) is 9.88 Å². The van der Waals surface area contributed by atoms with Crippen LogP contribution in [0.25, 0.3) is 0 Å². The fraction of sp³-hybridized carbons (Fsp3) is 0.519. The van der Waals surface area contributed by atoms with Crippen molar-refractivity contribution in [3.05, 3.63) is 59.9 Å². The van der Waals surface area contributed by atoms with Crippen molar-refractivity contribution in [3.8, 4) is 0 Å². The normalized spacial score (nSPS) is 18.3. The minimum absolute atomic E-state index is 0.218. The molecule has 2 atom stereocenters. The van der Waals surface area contributed by atoms with Gasteiger partial charge in [-0.05, 0) is 65.7 Å². The van der Waals surface area contributed by atoms with Crippen LogP contribution in [0.1, 0.15) is 59.2 Å². The van der Waals surface area contributed by atoms with Crippen LogP contribution in [0, 0.1) is 0 Å². The molecule has 1 aromatic heterocycles. The zero-order valence-corrected chi connectivity index (χ0v) is 21.5. The van der Waals surface area contributed by atoms with Gasteiger partial charge in [0, 0.05) is 18.2 Å². The van der Waals surface area contributed by atoms with Gasteiger partial charge in [0.2, 0.25) is 0 Å². The molecular weight excluding hydrogens is 446 g/mol. The van der Waals surface area contributed by atoms with Gasteiger partial charge in [0.25, 0.3) is 0 Å². The second-order valence-corrected chi connectivity index (χ2v) is 10.9. The molecule has 8 nitrogen and oxygen atoms in total. The monoisotopic (exact) mass is 483 g/mol. The third-order valence-electron chi connectivity index (χ3n) is 5.38. The lowest BCUT2D eigenvalue weighted by Crippen LogP contribution is -2.41. The number of aliphatic hydroxyl groups excluding tert-OH is 1. The molecule has 0 saturated carbocycles. The van der Waals surface area contributed by atoms with Crippen molar-refractivity contribution in [2.75, 3.05) is 11.4 Å². The van der Waals surface area contributed by atoms with Gasteiger partial charge in [-0.2, -0.15) is 0 Å². The van der Waals surface area contributed by atoms with E-state index >= 15 is 0 Å². The van der Waals surface area contributed by atoms with Crippen LogP contribution in [0.15, 0.2) is 48.7 Å². The van der Waals surface area contributed by atoms with Gasteiger partial charge in [-0.25, -0.2) is 9.59 Å². The van der Waals surface area contributed by atoms with Crippen molar-refractivity contribution >= 4 is 17.9 Å². The Hall–Kier alpha value is -3.13. The zero-order valence-electron chi connectivity index (χ0n) is 21.5. The predicted molar refractivity (Wildman–Crippen MR) is 134 cm³/mol. The number of pyridine rings is 1. The molecule has 0 bridgehead atoms. The van der Waals surface area contributed by atoms with E-state index in [0.29, 0.717) is 25.1 Å². The lowest BCUT2D eigenvalue weighted by atomic mass is 10.1. The highest BCUT2D eigenvalue weighted by atomic mass is 16.6. The average molecular weight is 484 g/mol. The number of β-amino-alcohol motifs (C(OH)–C–C–N with tert-alkyl or cyclic N) is 1. The zero-order chi connectivity index (χ0) is 25.8. The van der Waals surface area contributed by atoms with E-state index in [9.17, 15) is 14.7 Å². The fourth-order valence-corrected chi connectivity index (χ4v) is 3.91. The SMILES string of the molecule is CC(C)(C)OC(=O)N(Cc1ccccc1)c1ccc(C[C@H]2C[C@H](O)CN2C(=O)OC(C)(C)C)nc1. The number of carbonyl (C=O) groups is 2. The van der Waals surface area contributed by atoms with Crippen molar-refractivity contribution in [1.29, 1.82) is 0 Å². The Balaban J connectivity index is 1.76. The number of aromatic nitrogens is 1. The summed E-state index contributed by atoms with van der Waals surface area (Å²) >= 11 is 0. The second-order valence-electron chi connectivity index (χ2n) is 10.9. The highest BCUT2D eigenvalue weighted by Gasteiger charge is 2.37. The summed E-state index contributed by atoms with van der Waals surface area (Å²) in [7, 11) is 0. The number of hydrogen-bond acceptors (Lipinski definition) is 6. The summed E-state index contributed by atoms with van der Waals surface area (Å²) in [4.78, 5) is 33.3. The lowest BCUT2D eigenvalue weighted by Gasteiger charge is -2.29. The first-order valence-corrected chi connectivity index (χ1v) is 12.0. The molecule has 0 radical (unpaired) electrons. The lowest BCUT2D eigenvalue weighted by molar-refractivity contribution is 0.0208. The summed E-state index contributed by atoms with van der Waals surface area (Å²) in [5.74, 6) is 0. The number of nitrogens with zero attached hydrogens (tertiary/aromatic N) is 3. The average Bonchev–Trinajstić information content (AvgIpc) is 3.11. The van der Waals surface area contributed by atoms with E-state index in [2.05, 4.69) is 4.98 Å². The standard InChI is InChI=1S/C27H37N3O5/c1-26(2,3)34-24(32)29(17-19-10-8-7-9-11-19)21-13-12-20(28-16-21)14-22-15-23(31)18-30(22)25(33)35-27(4,5)6/h7-13,16,22-23,31H,14-15,17-18H2,1-6H3/t22-,23-/m0/s1. The van der Waals surface area contributed by atoms with Crippen LogP contribution in [-0.4, -0.2) is 57.1 Å². The number of benzene rings is 1. The number of rotatable bonds is 5. The van der Waals surface area contributed by atoms with Crippen molar-refractivity contribution < 1.29 is 24.2 Å². The van der Waals surface area contributed by atoms with E-state index < -0.39 is 29.5 Å². The molecular formula is C27H37N3O5. The van der Waals surface area contributed by atoms with Crippen LogP contribution in [0.2, 0.25) is 0 Å². The minimum Gasteiger partial charge on any atom is -0.444 e. The summed E-state index contributed by atoms with van der Waals surface area (Å²) in [6, 6.07) is 13.1. The van der Waals surface area contributed by atoms with Crippen molar-refractivity contribution in [2.24, 2.45) is 0 Å². The Labute approximate surface area is 207 Å². The van der Waals surface area contributed by atoms with E-state index in [1.807, 2.05) is 84.0 Å². The van der Waals surface area contributed by atoms with Gasteiger partial charge in [-0.15, -0.1) is 0 Å². The van der Waals surface area contributed by atoms with Gasteiger partial charge in [-0.1, -0.05) is 30.3 Å². The summed E-state index contributed by atoms with van der Waals surface area (Å²) in [6.45, 7) is 11.5. The van der Waals surface area contributed by atoms with E-state index in [0.717, 1.165) is 11.3 Å². The van der Waals surface area contributed by atoms with Crippen LogP contribution >= 0.6 is 0 Å². The third-order valence-corrected chi connectivity index (χ3v) is 5.38. The van der Waals surface area contributed by atoms with E-state index in [1.165, 1.54) is 0 Å². The van der Waals surface area contributed by atoms with E-state index in [4.69, 9.17) is 9.47 Å². The molecule has 0 spiro atoms. The predicted octanol–water partition coefficient (Wildman–Crippen LogP) is 4.94. The van der Waals surface area contributed by atoms with Crippen LogP contribution in [0.4, 0.5) is 15.3 Å². The quantitative estimate of drug-likeness (QED) is 0.648. The molecule has 2 amide bonds. The molecule has 1 saturated heterocycles. The van der Waals surface area contributed by atoms with Crippen molar-refractivity contribution in [3.63, 3.8) is 0 Å². The molecule has 3 rings (SSSR count). The first kappa shape index (κ1) is 26.5. The summed E-state index contributed by atoms with van der Waals surface area (Å²) in [5, 5.41) is 10.2. The molecule has 2 heterocycles. The third kappa shape index (κ3) is 7.96. The maximum Gasteiger partial charge on any atom is 0.415 e. The highest BCUT2D eigenvalue weighted by Crippen LogP contribution is 2.25. The summed E-state index contributed by atoms with van der Waals surface area (Å²) < 4.78 is 11.1. The van der Waals surface area contributed by atoms with Crippen molar-refractivity contribution in [2.45, 2.75) is 84.3 Å². The molecule has 1 aliphatic rings. The Kier molecular flexibility index (Phi) is 8.05. The number of anilines is 1. The van der Waals surface area contributed by atoms with Crippen LogP contribution < -0.4 is 4.90 Å². The number of ether oxygens (including phenoxy) is 2. The van der Waals surface area contributed by atoms with E-state index in [-0.39, 0.29) is 12.6 Å². The summed E-state index contributed by atoms with van der Waals surface area (Å²) in [6.07, 6.45) is 1.09. The molecule has 1 aromatic carbocycles. The second kappa shape index (κ2) is 10.6. The maximum atomic E-state index is 13.0. The number of likely N-dealkylation sites (tertiary alicyclic amines) is 1. The molecule has 1 aliphatic heterocycles. The number of hydrogen-bond donors (Lipinski definition) is 1.